The number of carbonyl (C=O) groups is 1. The van der Waals surface area contributed by atoms with E-state index in [4.69, 9.17) is 10.5 Å². The van der Waals surface area contributed by atoms with Gasteiger partial charge in [-0.2, -0.15) is 0 Å². The fraction of sp³-hybridized carbons (Fsp3) is 0.923. The minimum atomic E-state index is -0.373. The van der Waals surface area contributed by atoms with E-state index in [-0.39, 0.29) is 17.6 Å². The molecule has 0 bridgehead atoms. The molecule has 1 rings (SSSR count). The molecule has 1 aliphatic heterocycles. The van der Waals surface area contributed by atoms with Crippen LogP contribution in [0.4, 0.5) is 0 Å². The van der Waals surface area contributed by atoms with Crippen molar-refractivity contribution in [1.29, 1.82) is 0 Å². The summed E-state index contributed by atoms with van der Waals surface area (Å²) in [7, 11) is 0. The van der Waals surface area contributed by atoms with E-state index in [1.165, 1.54) is 6.42 Å². The topological polar surface area (TPSA) is 55.6 Å². The average molecular weight is 242 g/mol. The average Bonchev–Trinajstić information content (AvgIpc) is 2.36. The van der Waals surface area contributed by atoms with Gasteiger partial charge >= 0.3 is 0 Å². The van der Waals surface area contributed by atoms with E-state index in [2.05, 4.69) is 0 Å². The number of nitrogens with two attached hydrogens (primary N) is 1. The molecule has 0 saturated carbocycles. The van der Waals surface area contributed by atoms with Gasteiger partial charge in [-0.05, 0) is 39.5 Å². The summed E-state index contributed by atoms with van der Waals surface area (Å²) in [4.78, 5) is 14.0. The summed E-state index contributed by atoms with van der Waals surface area (Å²) in [5, 5.41) is 0. The van der Waals surface area contributed by atoms with Crippen molar-refractivity contribution in [2.45, 2.75) is 58.1 Å². The molecular formula is C13H26N2O2. The van der Waals surface area contributed by atoms with Crippen LogP contribution in [0.3, 0.4) is 0 Å². The monoisotopic (exact) mass is 242 g/mol. The molecule has 0 radical (unpaired) electrons. The minimum absolute atomic E-state index is 0.108. The zero-order chi connectivity index (χ0) is 12.9. The fourth-order valence-electron chi connectivity index (χ4n) is 1.86. The van der Waals surface area contributed by atoms with E-state index in [9.17, 15) is 4.79 Å². The first-order chi connectivity index (χ1) is 7.96. The van der Waals surface area contributed by atoms with Crippen molar-refractivity contribution < 1.29 is 9.53 Å². The Bertz CT molecular complexity index is 248. The first-order valence-electron chi connectivity index (χ1n) is 6.65. The molecule has 1 aliphatic rings. The van der Waals surface area contributed by atoms with Crippen molar-refractivity contribution in [3.63, 3.8) is 0 Å². The molecule has 1 amide bonds. The van der Waals surface area contributed by atoms with Crippen LogP contribution in [0.2, 0.25) is 0 Å². The van der Waals surface area contributed by atoms with Crippen molar-refractivity contribution in [2.75, 3.05) is 19.7 Å². The lowest BCUT2D eigenvalue weighted by Gasteiger charge is -2.30. The summed E-state index contributed by atoms with van der Waals surface area (Å²) in [5.41, 5.74) is 5.66. The van der Waals surface area contributed by atoms with E-state index >= 15 is 0 Å². The highest BCUT2D eigenvalue weighted by Crippen LogP contribution is 2.12. The normalized spacial score (nSPS) is 22.0. The van der Waals surface area contributed by atoms with E-state index in [0.29, 0.717) is 6.61 Å². The Labute approximate surface area is 104 Å². The fourth-order valence-corrected chi connectivity index (χ4v) is 1.86. The minimum Gasteiger partial charge on any atom is -0.367 e. The molecule has 0 aromatic heterocycles. The Morgan fingerprint density at radius 3 is 2.53 bits per heavy atom. The molecule has 0 aromatic carbocycles. The Morgan fingerprint density at radius 2 is 2.00 bits per heavy atom. The predicted molar refractivity (Wildman–Crippen MR) is 68.7 cm³/mol. The quantitative estimate of drug-likeness (QED) is 0.795. The molecule has 2 unspecified atom stereocenters. The molecule has 0 aliphatic carbocycles. The second-order valence-electron chi connectivity index (χ2n) is 5.35. The first-order valence-corrected chi connectivity index (χ1v) is 6.65. The summed E-state index contributed by atoms with van der Waals surface area (Å²) in [6, 6.07) is 0. The zero-order valence-corrected chi connectivity index (χ0v) is 11.4. The smallest absolute Gasteiger partial charge is 0.251 e. The van der Waals surface area contributed by atoms with Crippen molar-refractivity contribution in [1.82, 2.24) is 4.90 Å². The second kappa shape index (κ2) is 6.36. The van der Waals surface area contributed by atoms with Crippen LogP contribution in [0.5, 0.6) is 0 Å². The third-order valence-electron chi connectivity index (χ3n) is 3.49. The highest BCUT2D eigenvalue weighted by molar-refractivity contribution is 5.80. The largest absolute Gasteiger partial charge is 0.367 e. The number of nitrogens with zero attached hydrogens (tertiary/aromatic N) is 1. The van der Waals surface area contributed by atoms with E-state index in [1.54, 1.807) is 0 Å². The number of ether oxygens (including phenoxy) is 1. The molecular weight excluding hydrogens is 216 g/mol. The lowest BCUT2D eigenvalue weighted by molar-refractivity contribution is -0.144. The van der Waals surface area contributed by atoms with Crippen LogP contribution in [0.1, 0.15) is 46.5 Å². The summed E-state index contributed by atoms with van der Waals surface area (Å²) < 4.78 is 5.60. The Hall–Kier alpha value is -0.610. The SMILES string of the molecule is CCC(C)(N)COC(C)C(=O)N1CCCCC1. The van der Waals surface area contributed by atoms with Gasteiger partial charge in [-0.15, -0.1) is 0 Å². The van der Waals surface area contributed by atoms with Gasteiger partial charge in [0, 0.05) is 18.6 Å². The number of rotatable bonds is 5. The van der Waals surface area contributed by atoms with Gasteiger partial charge in [0.05, 0.1) is 6.61 Å². The summed E-state index contributed by atoms with van der Waals surface area (Å²) in [6.45, 7) is 7.99. The maximum absolute atomic E-state index is 12.1. The molecule has 0 spiro atoms. The van der Waals surface area contributed by atoms with Crippen molar-refractivity contribution in [2.24, 2.45) is 5.73 Å². The Kier molecular flexibility index (Phi) is 5.40. The molecule has 17 heavy (non-hydrogen) atoms. The molecule has 1 fully saturated rings. The van der Waals surface area contributed by atoms with Crippen molar-refractivity contribution >= 4 is 5.91 Å². The molecule has 4 nitrogen and oxygen atoms in total. The van der Waals surface area contributed by atoms with Gasteiger partial charge in [0.25, 0.3) is 5.91 Å². The lowest BCUT2D eigenvalue weighted by Crippen LogP contribution is -2.46. The van der Waals surface area contributed by atoms with Crippen molar-refractivity contribution in [3.8, 4) is 0 Å². The number of carbonyl (C=O) groups excluding carboxylic acids is 1. The third kappa shape index (κ3) is 4.64. The van der Waals surface area contributed by atoms with Crippen LogP contribution in [0.25, 0.3) is 0 Å². The van der Waals surface area contributed by atoms with Gasteiger partial charge in [-0.3, -0.25) is 4.79 Å². The molecule has 100 valence electrons. The van der Waals surface area contributed by atoms with Crippen LogP contribution in [-0.2, 0) is 9.53 Å². The highest BCUT2D eigenvalue weighted by Gasteiger charge is 2.25. The van der Waals surface area contributed by atoms with Gasteiger partial charge < -0.3 is 15.4 Å². The van der Waals surface area contributed by atoms with E-state index < -0.39 is 0 Å². The number of hydrogen-bond donors (Lipinski definition) is 1. The number of amides is 1. The maximum atomic E-state index is 12.1. The standard InChI is InChI=1S/C13H26N2O2/c1-4-13(3,14)10-17-11(2)12(16)15-8-6-5-7-9-15/h11H,4-10,14H2,1-3H3. The Balaban J connectivity index is 2.36. The predicted octanol–water partition coefficient (Wildman–Crippen LogP) is 1.53. The zero-order valence-electron chi connectivity index (χ0n) is 11.4. The van der Waals surface area contributed by atoms with Gasteiger partial charge in [0.2, 0.25) is 0 Å². The summed E-state index contributed by atoms with van der Waals surface area (Å²) >= 11 is 0. The third-order valence-corrected chi connectivity index (χ3v) is 3.49. The van der Waals surface area contributed by atoms with Crippen molar-refractivity contribution in [3.05, 3.63) is 0 Å². The molecule has 1 saturated heterocycles. The van der Waals surface area contributed by atoms with Crippen LogP contribution >= 0.6 is 0 Å². The van der Waals surface area contributed by atoms with Crippen LogP contribution in [0.15, 0.2) is 0 Å². The van der Waals surface area contributed by atoms with Crippen LogP contribution in [0, 0.1) is 0 Å². The van der Waals surface area contributed by atoms with E-state index in [0.717, 1.165) is 32.4 Å². The highest BCUT2D eigenvalue weighted by atomic mass is 16.5. The summed E-state index contributed by atoms with van der Waals surface area (Å²) in [6.07, 6.45) is 3.93. The Morgan fingerprint density at radius 1 is 1.41 bits per heavy atom. The molecule has 2 N–H and O–H groups in total. The van der Waals surface area contributed by atoms with Gasteiger partial charge in [0.15, 0.2) is 0 Å². The van der Waals surface area contributed by atoms with Crippen LogP contribution < -0.4 is 5.73 Å². The molecule has 2 atom stereocenters. The molecule has 4 heteroatoms. The van der Waals surface area contributed by atoms with Gasteiger partial charge in [-0.25, -0.2) is 0 Å². The number of likely N-dealkylation sites (tertiary alicyclic amines) is 1. The molecule has 0 aromatic rings. The maximum Gasteiger partial charge on any atom is 0.251 e. The van der Waals surface area contributed by atoms with E-state index in [1.807, 2.05) is 25.7 Å². The summed E-state index contributed by atoms with van der Waals surface area (Å²) in [5.74, 6) is 0.108. The van der Waals surface area contributed by atoms with Gasteiger partial charge in [-0.1, -0.05) is 6.92 Å². The number of hydrogen-bond acceptors (Lipinski definition) is 3. The van der Waals surface area contributed by atoms with Crippen LogP contribution in [-0.4, -0.2) is 42.1 Å². The van der Waals surface area contributed by atoms with Gasteiger partial charge in [0.1, 0.15) is 6.10 Å². The number of piperidine rings is 1. The molecule has 1 heterocycles. The second-order valence-corrected chi connectivity index (χ2v) is 5.35. The lowest BCUT2D eigenvalue weighted by atomic mass is 10.0. The first kappa shape index (κ1) is 14.5.